The fraction of sp³-hybridized carbons (Fsp3) is 0.412. The van der Waals surface area contributed by atoms with E-state index in [-0.39, 0.29) is 11.9 Å². The minimum Gasteiger partial charge on any atom is -0.305 e. The van der Waals surface area contributed by atoms with E-state index in [4.69, 9.17) is 0 Å². The smallest absolute Gasteiger partial charge is 0.127 e. The summed E-state index contributed by atoms with van der Waals surface area (Å²) in [6.07, 6.45) is 5.11. The number of fused-ring (bicyclic) bond motifs is 1. The first-order chi connectivity index (χ1) is 9.74. The molecule has 1 aliphatic rings. The molecule has 0 amide bonds. The molecular formula is C17H20FNS. The van der Waals surface area contributed by atoms with Gasteiger partial charge in [0.15, 0.2) is 0 Å². The number of rotatable bonds is 4. The zero-order valence-corrected chi connectivity index (χ0v) is 12.6. The SMILES string of the molecule is CC(NCc1ccccc1F)c1cc2c(s1)CCCC2. The number of aryl methyl sites for hydroxylation is 2. The van der Waals surface area contributed by atoms with Gasteiger partial charge in [-0.1, -0.05) is 18.2 Å². The maximum Gasteiger partial charge on any atom is 0.127 e. The summed E-state index contributed by atoms with van der Waals surface area (Å²) in [5, 5.41) is 3.44. The van der Waals surface area contributed by atoms with Crippen LogP contribution in [0.25, 0.3) is 0 Å². The van der Waals surface area contributed by atoms with Crippen molar-refractivity contribution in [1.29, 1.82) is 0 Å². The lowest BCUT2D eigenvalue weighted by molar-refractivity contribution is 0.549. The average molecular weight is 289 g/mol. The molecule has 1 heterocycles. The Kier molecular flexibility index (Phi) is 4.18. The van der Waals surface area contributed by atoms with Crippen molar-refractivity contribution in [2.45, 2.75) is 45.2 Å². The second kappa shape index (κ2) is 6.06. The molecule has 2 aromatic rings. The Bertz CT molecular complexity index is 567. The highest BCUT2D eigenvalue weighted by Crippen LogP contribution is 2.32. The van der Waals surface area contributed by atoms with Gasteiger partial charge in [0.25, 0.3) is 0 Å². The van der Waals surface area contributed by atoms with Crippen molar-refractivity contribution in [2.24, 2.45) is 0 Å². The number of thiophene rings is 1. The zero-order valence-electron chi connectivity index (χ0n) is 11.8. The molecular weight excluding hydrogens is 269 g/mol. The average Bonchev–Trinajstić information content (AvgIpc) is 2.90. The van der Waals surface area contributed by atoms with Gasteiger partial charge in [-0.25, -0.2) is 4.39 Å². The maximum absolute atomic E-state index is 13.6. The number of hydrogen-bond donors (Lipinski definition) is 1. The van der Waals surface area contributed by atoms with Crippen LogP contribution >= 0.6 is 11.3 Å². The normalized spacial score (nSPS) is 15.9. The summed E-state index contributed by atoms with van der Waals surface area (Å²) in [5.41, 5.74) is 2.27. The topological polar surface area (TPSA) is 12.0 Å². The third-order valence-electron chi connectivity index (χ3n) is 4.00. The van der Waals surface area contributed by atoms with Crippen LogP contribution in [0, 0.1) is 5.82 Å². The molecule has 1 aromatic heterocycles. The zero-order chi connectivity index (χ0) is 13.9. The van der Waals surface area contributed by atoms with Crippen LogP contribution in [0.15, 0.2) is 30.3 Å². The minimum atomic E-state index is -0.127. The Balaban J connectivity index is 1.66. The first kappa shape index (κ1) is 13.8. The van der Waals surface area contributed by atoms with E-state index in [2.05, 4.69) is 18.3 Å². The van der Waals surface area contributed by atoms with E-state index in [0.29, 0.717) is 6.54 Å². The Hall–Kier alpha value is -1.19. The highest BCUT2D eigenvalue weighted by Gasteiger charge is 2.16. The predicted octanol–water partition coefficient (Wildman–Crippen LogP) is 4.62. The molecule has 3 rings (SSSR count). The van der Waals surface area contributed by atoms with E-state index in [9.17, 15) is 4.39 Å². The van der Waals surface area contributed by atoms with Crippen LogP contribution in [0.5, 0.6) is 0 Å². The Morgan fingerprint density at radius 3 is 2.85 bits per heavy atom. The van der Waals surface area contributed by atoms with Crippen molar-refractivity contribution in [1.82, 2.24) is 5.32 Å². The fourth-order valence-corrected chi connectivity index (χ4v) is 4.02. The third kappa shape index (κ3) is 2.94. The van der Waals surface area contributed by atoms with E-state index in [1.54, 1.807) is 10.9 Å². The van der Waals surface area contributed by atoms with Gasteiger partial charge in [0, 0.05) is 27.9 Å². The molecule has 1 aliphatic carbocycles. The van der Waals surface area contributed by atoms with Gasteiger partial charge in [0.05, 0.1) is 0 Å². The van der Waals surface area contributed by atoms with E-state index in [1.807, 2.05) is 23.5 Å². The fourth-order valence-electron chi connectivity index (χ4n) is 2.73. The highest BCUT2D eigenvalue weighted by atomic mass is 32.1. The molecule has 0 bridgehead atoms. The maximum atomic E-state index is 13.6. The summed E-state index contributed by atoms with van der Waals surface area (Å²) < 4.78 is 13.6. The van der Waals surface area contributed by atoms with Crippen molar-refractivity contribution in [2.75, 3.05) is 0 Å². The van der Waals surface area contributed by atoms with Crippen molar-refractivity contribution < 1.29 is 4.39 Å². The number of hydrogen-bond acceptors (Lipinski definition) is 2. The molecule has 0 fully saturated rings. The molecule has 0 saturated heterocycles. The van der Waals surface area contributed by atoms with E-state index >= 15 is 0 Å². The molecule has 3 heteroatoms. The molecule has 0 radical (unpaired) electrons. The molecule has 20 heavy (non-hydrogen) atoms. The van der Waals surface area contributed by atoms with Gasteiger partial charge in [-0.2, -0.15) is 0 Å². The van der Waals surface area contributed by atoms with Crippen LogP contribution in [-0.4, -0.2) is 0 Å². The van der Waals surface area contributed by atoms with E-state index in [0.717, 1.165) is 5.56 Å². The van der Waals surface area contributed by atoms with Crippen molar-refractivity contribution in [3.8, 4) is 0 Å². The van der Waals surface area contributed by atoms with Crippen LogP contribution in [0.3, 0.4) is 0 Å². The van der Waals surface area contributed by atoms with Gasteiger partial charge in [-0.3, -0.25) is 0 Å². The molecule has 1 atom stereocenters. The van der Waals surface area contributed by atoms with E-state index < -0.39 is 0 Å². The van der Waals surface area contributed by atoms with Crippen LogP contribution in [-0.2, 0) is 19.4 Å². The lowest BCUT2D eigenvalue weighted by Gasteiger charge is -2.12. The van der Waals surface area contributed by atoms with Gasteiger partial charge in [0.2, 0.25) is 0 Å². The second-order valence-electron chi connectivity index (χ2n) is 5.50. The first-order valence-corrected chi connectivity index (χ1v) is 8.14. The molecule has 0 aliphatic heterocycles. The van der Waals surface area contributed by atoms with Gasteiger partial charge < -0.3 is 5.32 Å². The molecule has 0 spiro atoms. The molecule has 0 saturated carbocycles. The van der Waals surface area contributed by atoms with Gasteiger partial charge >= 0.3 is 0 Å². The van der Waals surface area contributed by atoms with Crippen LogP contribution in [0.1, 0.15) is 46.7 Å². The number of halogens is 1. The minimum absolute atomic E-state index is 0.127. The molecule has 1 unspecified atom stereocenters. The standard InChI is InChI=1S/C17H20FNS/c1-12(19-11-14-7-2-4-8-15(14)18)17-10-13-6-3-5-9-16(13)20-17/h2,4,7-8,10,12,19H,3,5-6,9,11H2,1H3. The lowest BCUT2D eigenvalue weighted by atomic mass is 9.99. The van der Waals surface area contributed by atoms with Crippen LogP contribution in [0.2, 0.25) is 0 Å². The predicted molar refractivity (Wildman–Crippen MR) is 82.6 cm³/mol. The number of nitrogens with one attached hydrogen (secondary N) is 1. The molecule has 1 aromatic carbocycles. The summed E-state index contributed by atoms with van der Waals surface area (Å²) in [4.78, 5) is 2.94. The summed E-state index contributed by atoms with van der Waals surface area (Å²) in [6, 6.07) is 9.60. The second-order valence-corrected chi connectivity index (χ2v) is 6.67. The van der Waals surface area contributed by atoms with Crippen molar-refractivity contribution in [3.05, 3.63) is 57.0 Å². The van der Waals surface area contributed by atoms with E-state index in [1.165, 1.54) is 42.2 Å². The highest BCUT2D eigenvalue weighted by molar-refractivity contribution is 7.12. The summed E-state index contributed by atoms with van der Waals surface area (Å²) in [5.74, 6) is -0.127. The van der Waals surface area contributed by atoms with Crippen molar-refractivity contribution >= 4 is 11.3 Å². The summed E-state index contributed by atoms with van der Waals surface area (Å²) in [6.45, 7) is 2.74. The quantitative estimate of drug-likeness (QED) is 0.866. The third-order valence-corrected chi connectivity index (χ3v) is 5.42. The van der Waals surface area contributed by atoms with Crippen molar-refractivity contribution in [3.63, 3.8) is 0 Å². The first-order valence-electron chi connectivity index (χ1n) is 7.32. The lowest BCUT2D eigenvalue weighted by Crippen LogP contribution is -2.17. The van der Waals surface area contributed by atoms with Gasteiger partial charge in [-0.15, -0.1) is 11.3 Å². The molecule has 1 N–H and O–H groups in total. The Labute approximate surface area is 123 Å². The largest absolute Gasteiger partial charge is 0.305 e. The summed E-state index contributed by atoms with van der Waals surface area (Å²) in [7, 11) is 0. The van der Waals surface area contributed by atoms with Crippen LogP contribution < -0.4 is 5.32 Å². The Morgan fingerprint density at radius 1 is 1.25 bits per heavy atom. The van der Waals surface area contributed by atoms with Gasteiger partial charge in [0.1, 0.15) is 5.82 Å². The Morgan fingerprint density at radius 2 is 2.05 bits per heavy atom. The molecule has 106 valence electrons. The van der Waals surface area contributed by atoms with Gasteiger partial charge in [-0.05, 0) is 50.3 Å². The monoisotopic (exact) mass is 289 g/mol. The number of benzene rings is 1. The molecule has 1 nitrogen and oxygen atoms in total. The summed E-state index contributed by atoms with van der Waals surface area (Å²) >= 11 is 1.93. The van der Waals surface area contributed by atoms with Crippen LogP contribution in [0.4, 0.5) is 4.39 Å².